The molecule has 0 unspecified atom stereocenters. The molecule has 0 bridgehead atoms. The molecule has 164 valence electrons. The number of halogens is 1. The second-order valence-electron chi connectivity index (χ2n) is 8.16. The van der Waals surface area contributed by atoms with Gasteiger partial charge < -0.3 is 24.3 Å². The van der Waals surface area contributed by atoms with Crippen molar-refractivity contribution < 1.29 is 9.47 Å². The number of pyridine rings is 1. The first-order valence-electron chi connectivity index (χ1n) is 10.6. The van der Waals surface area contributed by atoms with E-state index in [9.17, 15) is 10.1 Å². The van der Waals surface area contributed by atoms with Crippen molar-refractivity contribution >= 4 is 28.2 Å². The van der Waals surface area contributed by atoms with E-state index in [2.05, 4.69) is 16.3 Å². The van der Waals surface area contributed by atoms with Crippen molar-refractivity contribution in [1.82, 2.24) is 9.88 Å². The van der Waals surface area contributed by atoms with Crippen molar-refractivity contribution in [3.8, 4) is 17.6 Å². The van der Waals surface area contributed by atoms with E-state index >= 15 is 0 Å². The van der Waals surface area contributed by atoms with Crippen LogP contribution in [0.15, 0.2) is 41.2 Å². The Bertz CT molecular complexity index is 1290. The van der Waals surface area contributed by atoms with Gasteiger partial charge in [0.1, 0.15) is 11.6 Å². The Morgan fingerprint density at radius 2 is 1.97 bits per heavy atom. The Balaban J connectivity index is 1.71. The number of rotatable bonds is 4. The highest BCUT2D eigenvalue weighted by Crippen LogP contribution is 2.37. The molecule has 5 rings (SSSR count). The first-order chi connectivity index (χ1) is 15.6. The molecular formula is C24H23ClN4O3. The highest BCUT2D eigenvalue weighted by atomic mass is 35.5. The summed E-state index contributed by atoms with van der Waals surface area (Å²) in [5.74, 6) is 1.44. The Labute approximate surface area is 190 Å². The fraction of sp³-hybridized carbons (Fsp3) is 0.333. The lowest BCUT2D eigenvalue weighted by molar-refractivity contribution is 0.174. The summed E-state index contributed by atoms with van der Waals surface area (Å²) in [5.41, 5.74) is 2.26. The monoisotopic (exact) mass is 450 g/mol. The highest BCUT2D eigenvalue weighted by molar-refractivity contribution is 6.31. The molecule has 1 aromatic heterocycles. The summed E-state index contributed by atoms with van der Waals surface area (Å²) in [6.45, 7) is 2.51. The Morgan fingerprint density at radius 1 is 1.19 bits per heavy atom. The third kappa shape index (κ3) is 3.56. The number of nitriles is 1. The normalized spacial score (nSPS) is 15.7. The molecular weight excluding hydrogens is 428 g/mol. The summed E-state index contributed by atoms with van der Waals surface area (Å²) >= 11 is 6.36. The predicted octanol–water partition coefficient (Wildman–Crippen LogP) is 3.55. The van der Waals surface area contributed by atoms with E-state index in [4.69, 9.17) is 21.1 Å². The van der Waals surface area contributed by atoms with Crippen LogP contribution in [0.3, 0.4) is 0 Å². The minimum atomic E-state index is -0.304. The molecule has 2 aliphatic heterocycles. The number of nitrogens with one attached hydrogen (secondary N) is 1. The number of aromatic nitrogens is 1. The van der Waals surface area contributed by atoms with Crippen molar-refractivity contribution in [3.05, 3.63) is 62.9 Å². The number of ether oxygens (including phenoxy) is 2. The minimum Gasteiger partial charge on any atom is -0.454 e. The SMILES string of the molecule is Cn1c(=O)c(C#N)c(N(Cc2ccc3c(c2)OCO3)C2CCNCC2)c2cc(Cl)ccc21. The van der Waals surface area contributed by atoms with E-state index in [0.717, 1.165) is 48.1 Å². The number of fused-ring (bicyclic) bond motifs is 2. The fourth-order valence-electron chi connectivity index (χ4n) is 4.65. The van der Waals surface area contributed by atoms with Crippen LogP contribution in [-0.2, 0) is 13.6 Å². The molecule has 2 aromatic carbocycles. The third-order valence-electron chi connectivity index (χ3n) is 6.27. The third-order valence-corrected chi connectivity index (χ3v) is 6.50. The second kappa shape index (κ2) is 8.38. The molecule has 7 nitrogen and oxygen atoms in total. The van der Waals surface area contributed by atoms with E-state index in [-0.39, 0.29) is 24.0 Å². The quantitative estimate of drug-likeness (QED) is 0.654. The standard InChI is InChI=1S/C24H23ClN4O3/c1-28-20-4-3-16(25)11-18(20)23(19(12-26)24(28)30)29(17-6-8-27-9-7-17)13-15-2-5-21-22(10-15)32-14-31-21/h2-5,10-11,17,27H,6-9,13-14H2,1H3. The Kier molecular flexibility index (Phi) is 5.41. The molecule has 0 saturated carbocycles. The molecule has 3 aromatic rings. The number of hydrogen-bond acceptors (Lipinski definition) is 6. The van der Waals surface area contributed by atoms with Crippen LogP contribution in [-0.4, -0.2) is 30.5 Å². The molecule has 32 heavy (non-hydrogen) atoms. The van der Waals surface area contributed by atoms with Crippen LogP contribution < -0.4 is 25.2 Å². The van der Waals surface area contributed by atoms with E-state index in [1.54, 1.807) is 13.1 Å². The maximum absolute atomic E-state index is 13.1. The van der Waals surface area contributed by atoms with Crippen LogP contribution in [0.5, 0.6) is 11.5 Å². The zero-order valence-electron chi connectivity index (χ0n) is 17.7. The summed E-state index contributed by atoms with van der Waals surface area (Å²) in [4.78, 5) is 15.3. The van der Waals surface area contributed by atoms with Gasteiger partial charge in [-0.15, -0.1) is 0 Å². The lowest BCUT2D eigenvalue weighted by Gasteiger charge is -2.37. The topological polar surface area (TPSA) is 79.5 Å². The van der Waals surface area contributed by atoms with Crippen LogP contribution in [0.1, 0.15) is 24.0 Å². The van der Waals surface area contributed by atoms with Crippen molar-refractivity contribution in [2.75, 3.05) is 24.8 Å². The van der Waals surface area contributed by atoms with Crippen LogP contribution in [0.4, 0.5) is 5.69 Å². The van der Waals surface area contributed by atoms with Gasteiger partial charge in [0.2, 0.25) is 6.79 Å². The number of benzene rings is 2. The van der Waals surface area contributed by atoms with Gasteiger partial charge in [0, 0.05) is 30.0 Å². The molecule has 8 heteroatoms. The van der Waals surface area contributed by atoms with Crippen molar-refractivity contribution in [2.24, 2.45) is 7.05 Å². The molecule has 0 aliphatic carbocycles. The smallest absolute Gasteiger partial charge is 0.270 e. The maximum atomic E-state index is 13.1. The first-order valence-corrected chi connectivity index (χ1v) is 11.0. The summed E-state index contributed by atoms with van der Waals surface area (Å²) in [6, 6.07) is 13.7. The van der Waals surface area contributed by atoms with Gasteiger partial charge in [-0.3, -0.25) is 4.79 Å². The number of nitrogens with zero attached hydrogens (tertiary/aromatic N) is 3. The van der Waals surface area contributed by atoms with Crippen LogP contribution in [0.2, 0.25) is 5.02 Å². The molecule has 0 radical (unpaired) electrons. The maximum Gasteiger partial charge on any atom is 0.270 e. The Hall–Kier alpha value is -3.21. The van der Waals surface area contributed by atoms with Crippen LogP contribution in [0, 0.1) is 11.3 Å². The van der Waals surface area contributed by atoms with Crippen LogP contribution in [0.25, 0.3) is 10.9 Å². The highest BCUT2D eigenvalue weighted by Gasteiger charge is 2.28. The minimum absolute atomic E-state index is 0.140. The molecule has 1 saturated heterocycles. The predicted molar refractivity (Wildman–Crippen MR) is 124 cm³/mol. The van der Waals surface area contributed by atoms with Crippen molar-refractivity contribution in [3.63, 3.8) is 0 Å². The van der Waals surface area contributed by atoms with Gasteiger partial charge in [0.05, 0.1) is 11.2 Å². The summed E-state index contributed by atoms with van der Waals surface area (Å²) in [7, 11) is 1.69. The van der Waals surface area contributed by atoms with Gasteiger partial charge in [-0.2, -0.15) is 5.26 Å². The van der Waals surface area contributed by atoms with Crippen molar-refractivity contribution in [1.29, 1.82) is 5.26 Å². The van der Waals surface area contributed by atoms with E-state index in [0.29, 0.717) is 23.0 Å². The number of aryl methyl sites for hydroxylation is 1. The number of piperidine rings is 1. The summed E-state index contributed by atoms with van der Waals surface area (Å²) < 4.78 is 12.5. The lowest BCUT2D eigenvalue weighted by atomic mass is 9.99. The van der Waals surface area contributed by atoms with Gasteiger partial charge in [0.25, 0.3) is 5.56 Å². The largest absolute Gasteiger partial charge is 0.454 e. The molecule has 2 aliphatic rings. The average molecular weight is 451 g/mol. The molecule has 0 spiro atoms. The summed E-state index contributed by atoms with van der Waals surface area (Å²) in [5, 5.41) is 14.8. The number of anilines is 1. The number of hydrogen-bond donors (Lipinski definition) is 1. The van der Waals surface area contributed by atoms with Crippen molar-refractivity contribution in [2.45, 2.75) is 25.4 Å². The average Bonchev–Trinajstić information content (AvgIpc) is 3.28. The zero-order valence-corrected chi connectivity index (χ0v) is 18.5. The van der Waals surface area contributed by atoms with Gasteiger partial charge in [-0.1, -0.05) is 17.7 Å². The molecule has 0 atom stereocenters. The molecule has 0 amide bonds. The fourth-order valence-corrected chi connectivity index (χ4v) is 4.82. The lowest BCUT2D eigenvalue weighted by Crippen LogP contribution is -2.44. The van der Waals surface area contributed by atoms with Gasteiger partial charge in [-0.25, -0.2) is 0 Å². The second-order valence-corrected chi connectivity index (χ2v) is 8.59. The molecule has 1 fully saturated rings. The van der Waals surface area contributed by atoms with Gasteiger partial charge in [0.15, 0.2) is 11.5 Å². The first kappa shape index (κ1) is 20.7. The van der Waals surface area contributed by atoms with Crippen LogP contribution >= 0.6 is 11.6 Å². The van der Waals surface area contributed by atoms with E-state index in [1.807, 2.05) is 30.3 Å². The van der Waals surface area contributed by atoms with Gasteiger partial charge >= 0.3 is 0 Å². The summed E-state index contributed by atoms with van der Waals surface area (Å²) in [6.07, 6.45) is 1.82. The van der Waals surface area contributed by atoms with E-state index in [1.165, 1.54) is 4.57 Å². The van der Waals surface area contributed by atoms with Gasteiger partial charge in [-0.05, 0) is 61.8 Å². The Morgan fingerprint density at radius 3 is 2.75 bits per heavy atom. The molecule has 1 N–H and O–H groups in total. The van der Waals surface area contributed by atoms with E-state index < -0.39 is 0 Å². The zero-order chi connectivity index (χ0) is 22.2. The molecule has 3 heterocycles.